The maximum absolute atomic E-state index is 12.9. The number of morpholine rings is 1. The Morgan fingerprint density at radius 1 is 1.09 bits per heavy atom. The number of H-pyrrole nitrogens is 1. The van der Waals surface area contributed by atoms with Gasteiger partial charge in [-0.25, -0.2) is 13.2 Å². The zero-order valence-corrected chi connectivity index (χ0v) is 20.1. The van der Waals surface area contributed by atoms with E-state index in [2.05, 4.69) is 4.98 Å². The second-order valence-electron chi connectivity index (χ2n) is 8.28. The quantitative estimate of drug-likeness (QED) is 0.481. The van der Waals surface area contributed by atoms with Crippen LogP contribution in [0.25, 0.3) is 0 Å². The van der Waals surface area contributed by atoms with Crippen molar-refractivity contribution in [2.24, 2.45) is 0 Å². The van der Waals surface area contributed by atoms with Gasteiger partial charge in [0, 0.05) is 24.3 Å². The molecule has 0 spiro atoms. The number of benzene rings is 1. The van der Waals surface area contributed by atoms with Crippen molar-refractivity contribution < 1.29 is 32.3 Å². The summed E-state index contributed by atoms with van der Waals surface area (Å²) in [5, 5.41) is 0. The number of hydrogen-bond acceptors (Lipinski definition) is 7. The topological polar surface area (TPSA) is 123 Å². The highest BCUT2D eigenvalue weighted by Crippen LogP contribution is 2.22. The van der Waals surface area contributed by atoms with Gasteiger partial charge in [0.05, 0.1) is 28.4 Å². The summed E-state index contributed by atoms with van der Waals surface area (Å²) in [6.45, 7) is 8.39. The lowest BCUT2D eigenvalue weighted by atomic mass is 10.1. The van der Waals surface area contributed by atoms with Crippen LogP contribution in [-0.4, -0.2) is 67.1 Å². The van der Waals surface area contributed by atoms with Crippen LogP contribution in [0.3, 0.4) is 0 Å². The van der Waals surface area contributed by atoms with E-state index in [0.29, 0.717) is 16.8 Å². The van der Waals surface area contributed by atoms with Gasteiger partial charge >= 0.3 is 5.97 Å². The van der Waals surface area contributed by atoms with Gasteiger partial charge in [-0.1, -0.05) is 0 Å². The molecule has 0 amide bonds. The largest absolute Gasteiger partial charge is 0.454 e. The molecule has 1 saturated heterocycles. The fraction of sp³-hybridized carbons (Fsp3) is 0.435. The highest BCUT2D eigenvalue weighted by molar-refractivity contribution is 7.89. The molecule has 178 valence electrons. The molecule has 0 radical (unpaired) electrons. The molecule has 33 heavy (non-hydrogen) atoms. The number of aromatic nitrogens is 1. The Morgan fingerprint density at radius 3 is 2.18 bits per heavy atom. The van der Waals surface area contributed by atoms with Crippen molar-refractivity contribution in [2.45, 2.75) is 51.7 Å². The summed E-state index contributed by atoms with van der Waals surface area (Å²) in [5.74, 6) is -1.38. The minimum Gasteiger partial charge on any atom is -0.454 e. The van der Waals surface area contributed by atoms with Crippen LogP contribution in [0.2, 0.25) is 0 Å². The van der Waals surface area contributed by atoms with E-state index in [1.807, 2.05) is 13.8 Å². The first-order chi connectivity index (χ1) is 15.4. The number of ketones is 2. The van der Waals surface area contributed by atoms with Crippen LogP contribution in [0.4, 0.5) is 0 Å². The molecular weight excluding hydrogens is 448 g/mol. The van der Waals surface area contributed by atoms with Gasteiger partial charge in [-0.15, -0.1) is 0 Å². The van der Waals surface area contributed by atoms with Gasteiger partial charge in [0.15, 0.2) is 12.4 Å². The summed E-state index contributed by atoms with van der Waals surface area (Å²) < 4.78 is 37.9. The van der Waals surface area contributed by atoms with Crippen LogP contribution in [0, 0.1) is 13.8 Å². The third kappa shape index (κ3) is 5.23. The van der Waals surface area contributed by atoms with Crippen LogP contribution < -0.4 is 0 Å². The van der Waals surface area contributed by atoms with Gasteiger partial charge in [-0.3, -0.25) is 9.59 Å². The standard InChI is InChI=1S/C23H28N2O7S/c1-13-10-25(11-14(2)32-13)33(29,30)19-8-6-18(7-9-19)23(28)31-12-20(27)22-15(3)21(17(5)26)16(4)24-22/h6-9,13-14,24H,10-12H2,1-5H3. The first-order valence-corrected chi connectivity index (χ1v) is 12.0. The summed E-state index contributed by atoms with van der Waals surface area (Å²) in [6, 6.07) is 5.39. The van der Waals surface area contributed by atoms with E-state index < -0.39 is 28.4 Å². The SMILES string of the molecule is CC(=O)c1c(C)[nH]c(C(=O)COC(=O)c2ccc(S(=O)(=O)N3CC(C)OC(C)C3)cc2)c1C. The van der Waals surface area contributed by atoms with E-state index in [4.69, 9.17) is 9.47 Å². The Kier molecular flexibility index (Phi) is 7.20. The van der Waals surface area contributed by atoms with Crippen LogP contribution in [-0.2, 0) is 19.5 Å². The molecule has 2 atom stereocenters. The van der Waals surface area contributed by atoms with Crippen molar-refractivity contribution in [1.29, 1.82) is 0 Å². The molecule has 1 aromatic heterocycles. The summed E-state index contributed by atoms with van der Waals surface area (Å²) >= 11 is 0. The summed E-state index contributed by atoms with van der Waals surface area (Å²) in [5.41, 5.74) is 1.89. The van der Waals surface area contributed by atoms with Crippen LogP contribution in [0.15, 0.2) is 29.2 Å². The first kappa shape index (κ1) is 24.8. The Balaban J connectivity index is 1.67. The molecule has 0 aliphatic carbocycles. The normalized spacial score (nSPS) is 19.3. The second kappa shape index (κ2) is 9.58. The van der Waals surface area contributed by atoms with Crippen molar-refractivity contribution >= 4 is 27.6 Å². The molecule has 1 aliphatic heterocycles. The smallest absolute Gasteiger partial charge is 0.338 e. The van der Waals surface area contributed by atoms with Crippen molar-refractivity contribution in [3.63, 3.8) is 0 Å². The predicted octanol–water partition coefficient (Wildman–Crippen LogP) is 2.67. The number of aromatic amines is 1. The Hall–Kier alpha value is -2.82. The lowest BCUT2D eigenvalue weighted by Gasteiger charge is -2.34. The predicted molar refractivity (Wildman–Crippen MR) is 120 cm³/mol. The molecule has 10 heteroatoms. The molecule has 9 nitrogen and oxygen atoms in total. The van der Waals surface area contributed by atoms with E-state index in [-0.39, 0.29) is 47.2 Å². The average Bonchev–Trinajstić information content (AvgIpc) is 3.05. The fourth-order valence-corrected chi connectivity index (χ4v) is 5.67. The second-order valence-corrected chi connectivity index (χ2v) is 10.2. The van der Waals surface area contributed by atoms with Crippen molar-refractivity contribution in [3.05, 3.63) is 52.3 Å². The Bertz CT molecular complexity index is 1170. The number of ether oxygens (including phenoxy) is 2. The number of carbonyl (C=O) groups is 3. The number of carbonyl (C=O) groups excluding carboxylic acids is 3. The van der Waals surface area contributed by atoms with Gasteiger partial charge < -0.3 is 14.5 Å². The van der Waals surface area contributed by atoms with Crippen LogP contribution >= 0.6 is 0 Å². The van der Waals surface area contributed by atoms with Gasteiger partial charge in [-0.2, -0.15) is 4.31 Å². The molecule has 0 bridgehead atoms. The number of hydrogen-bond donors (Lipinski definition) is 1. The number of aryl methyl sites for hydroxylation is 1. The fourth-order valence-electron chi connectivity index (χ4n) is 4.08. The summed E-state index contributed by atoms with van der Waals surface area (Å²) in [4.78, 5) is 39.5. The molecule has 2 aromatic rings. The number of esters is 1. The first-order valence-electron chi connectivity index (χ1n) is 10.6. The Morgan fingerprint density at radius 2 is 1.67 bits per heavy atom. The third-order valence-electron chi connectivity index (χ3n) is 5.52. The molecule has 1 aromatic carbocycles. The molecule has 2 unspecified atom stereocenters. The lowest BCUT2D eigenvalue weighted by molar-refractivity contribution is -0.0440. The van der Waals surface area contributed by atoms with Crippen molar-refractivity contribution in [2.75, 3.05) is 19.7 Å². The molecule has 0 saturated carbocycles. The molecule has 1 N–H and O–H groups in total. The lowest BCUT2D eigenvalue weighted by Crippen LogP contribution is -2.48. The van der Waals surface area contributed by atoms with Crippen LogP contribution in [0.1, 0.15) is 63.2 Å². The number of sulfonamides is 1. The van der Waals surface area contributed by atoms with E-state index in [1.165, 1.54) is 35.5 Å². The van der Waals surface area contributed by atoms with Gasteiger partial charge in [0.25, 0.3) is 0 Å². The van der Waals surface area contributed by atoms with Gasteiger partial charge in [0.2, 0.25) is 15.8 Å². The van der Waals surface area contributed by atoms with Gasteiger partial charge in [-0.05, 0) is 64.4 Å². The van der Waals surface area contributed by atoms with E-state index >= 15 is 0 Å². The highest BCUT2D eigenvalue weighted by atomic mass is 32.2. The highest BCUT2D eigenvalue weighted by Gasteiger charge is 2.32. The minimum atomic E-state index is -3.73. The third-order valence-corrected chi connectivity index (χ3v) is 7.36. The maximum Gasteiger partial charge on any atom is 0.338 e. The van der Waals surface area contributed by atoms with Crippen molar-refractivity contribution in [3.8, 4) is 0 Å². The number of nitrogens with one attached hydrogen (secondary N) is 1. The summed E-state index contributed by atoms with van der Waals surface area (Å²) in [6.07, 6.45) is -0.428. The summed E-state index contributed by atoms with van der Waals surface area (Å²) in [7, 11) is -3.73. The minimum absolute atomic E-state index is 0.0608. The zero-order valence-electron chi connectivity index (χ0n) is 19.3. The molecule has 2 heterocycles. The van der Waals surface area contributed by atoms with Crippen molar-refractivity contribution in [1.82, 2.24) is 9.29 Å². The molecule has 1 fully saturated rings. The number of nitrogens with zero attached hydrogens (tertiary/aromatic N) is 1. The van der Waals surface area contributed by atoms with Gasteiger partial charge in [0.1, 0.15) is 0 Å². The Labute approximate surface area is 193 Å². The number of Topliss-reactive ketones (excluding diaryl/α,β-unsaturated/α-hetero) is 2. The molecule has 3 rings (SSSR count). The van der Waals surface area contributed by atoms with E-state index in [9.17, 15) is 22.8 Å². The molecular formula is C23H28N2O7S. The van der Waals surface area contributed by atoms with E-state index in [1.54, 1.807) is 13.8 Å². The molecule has 1 aliphatic rings. The monoisotopic (exact) mass is 476 g/mol. The average molecular weight is 477 g/mol. The van der Waals surface area contributed by atoms with E-state index in [0.717, 1.165) is 0 Å². The van der Waals surface area contributed by atoms with Crippen LogP contribution in [0.5, 0.6) is 0 Å². The number of rotatable bonds is 7. The zero-order chi connectivity index (χ0) is 24.5. The maximum atomic E-state index is 12.9.